The van der Waals surface area contributed by atoms with Crippen LogP contribution in [0.2, 0.25) is 0 Å². The van der Waals surface area contributed by atoms with Crippen molar-refractivity contribution < 1.29 is 9.31 Å². The first kappa shape index (κ1) is 17.4. The van der Waals surface area contributed by atoms with Crippen LogP contribution >= 0.6 is 0 Å². The van der Waals surface area contributed by atoms with Crippen LogP contribution in [0.5, 0.6) is 0 Å². The smallest absolute Gasteiger partial charge is 0.399 e. The number of H-pyrrole nitrogens is 1. The van der Waals surface area contributed by atoms with Gasteiger partial charge in [-0.05, 0) is 58.7 Å². The van der Waals surface area contributed by atoms with Crippen molar-refractivity contribution in [1.82, 2.24) is 4.98 Å². The highest BCUT2D eigenvalue weighted by atomic mass is 16.7. The van der Waals surface area contributed by atoms with Crippen LogP contribution in [0.3, 0.4) is 0 Å². The van der Waals surface area contributed by atoms with Gasteiger partial charge in [0.05, 0.1) is 11.2 Å². The molecule has 1 fully saturated rings. The van der Waals surface area contributed by atoms with Gasteiger partial charge in [-0.1, -0.05) is 42.0 Å². The summed E-state index contributed by atoms with van der Waals surface area (Å²) in [7, 11) is -0.368. The number of aryl methyl sites for hydroxylation is 2. The first-order chi connectivity index (χ1) is 12.2. The zero-order chi connectivity index (χ0) is 18.7. The number of fused-ring (bicyclic) bond motifs is 1. The Kier molecular flexibility index (Phi) is 3.83. The number of aromatic amines is 1. The zero-order valence-corrected chi connectivity index (χ0v) is 16.4. The molecule has 1 aliphatic rings. The van der Waals surface area contributed by atoms with Crippen LogP contribution in [0.4, 0.5) is 0 Å². The van der Waals surface area contributed by atoms with Gasteiger partial charge in [-0.3, -0.25) is 0 Å². The molecule has 4 heteroatoms. The van der Waals surface area contributed by atoms with E-state index in [1.165, 1.54) is 22.1 Å². The first-order valence-corrected chi connectivity index (χ1v) is 9.23. The van der Waals surface area contributed by atoms with Gasteiger partial charge in [0.25, 0.3) is 0 Å². The maximum absolute atomic E-state index is 6.29. The molecular weight excluding hydrogens is 321 g/mol. The van der Waals surface area contributed by atoms with Crippen LogP contribution < -0.4 is 5.46 Å². The second-order valence-electron chi connectivity index (χ2n) is 8.40. The van der Waals surface area contributed by atoms with E-state index in [-0.39, 0.29) is 18.3 Å². The van der Waals surface area contributed by atoms with Gasteiger partial charge in [-0.25, -0.2) is 0 Å². The molecule has 3 aromatic rings. The van der Waals surface area contributed by atoms with E-state index in [9.17, 15) is 0 Å². The molecule has 3 nitrogen and oxygen atoms in total. The van der Waals surface area contributed by atoms with Crippen molar-refractivity contribution in [2.75, 3.05) is 0 Å². The van der Waals surface area contributed by atoms with Gasteiger partial charge < -0.3 is 14.3 Å². The molecule has 0 bridgehead atoms. The number of nitrogens with one attached hydrogen (secondary N) is 1. The fourth-order valence-corrected chi connectivity index (χ4v) is 3.53. The van der Waals surface area contributed by atoms with Crippen LogP contribution in [0.15, 0.2) is 42.5 Å². The van der Waals surface area contributed by atoms with E-state index in [1.807, 2.05) is 0 Å². The van der Waals surface area contributed by atoms with E-state index in [0.717, 1.165) is 16.7 Å². The summed E-state index contributed by atoms with van der Waals surface area (Å²) in [6, 6.07) is 15.2. The number of hydrogen-bond donors (Lipinski definition) is 1. The lowest BCUT2D eigenvalue weighted by atomic mass is 9.77. The molecule has 1 N–H and O–H groups in total. The third kappa shape index (κ3) is 2.68. The normalized spacial score (nSPS) is 18.6. The van der Waals surface area contributed by atoms with E-state index < -0.39 is 0 Å². The first-order valence-electron chi connectivity index (χ1n) is 9.23. The van der Waals surface area contributed by atoms with Crippen LogP contribution in [-0.2, 0) is 9.31 Å². The van der Waals surface area contributed by atoms with E-state index in [2.05, 4.69) is 89.0 Å². The van der Waals surface area contributed by atoms with Gasteiger partial charge in [0.2, 0.25) is 0 Å². The minimum atomic E-state index is -0.368. The minimum absolute atomic E-state index is 0.346. The number of rotatable bonds is 2. The molecule has 0 radical (unpaired) electrons. The molecule has 2 heterocycles. The van der Waals surface area contributed by atoms with Gasteiger partial charge in [0.15, 0.2) is 0 Å². The van der Waals surface area contributed by atoms with Crippen LogP contribution in [0.1, 0.15) is 39.0 Å². The van der Waals surface area contributed by atoms with Gasteiger partial charge >= 0.3 is 7.12 Å². The van der Waals surface area contributed by atoms with Gasteiger partial charge in [-0.2, -0.15) is 0 Å². The van der Waals surface area contributed by atoms with Gasteiger partial charge in [0, 0.05) is 22.1 Å². The quantitative estimate of drug-likeness (QED) is 0.679. The third-order valence-corrected chi connectivity index (χ3v) is 5.83. The Labute approximate surface area is 155 Å². The van der Waals surface area contributed by atoms with Crippen LogP contribution in [-0.4, -0.2) is 23.3 Å². The maximum Gasteiger partial charge on any atom is 0.497 e. The molecule has 4 rings (SSSR count). The van der Waals surface area contributed by atoms with Crippen LogP contribution in [0, 0.1) is 13.8 Å². The Balaban J connectivity index is 1.84. The topological polar surface area (TPSA) is 34.2 Å². The molecule has 2 aromatic carbocycles. The molecule has 1 aliphatic heterocycles. The largest absolute Gasteiger partial charge is 0.497 e. The minimum Gasteiger partial charge on any atom is -0.399 e. The highest BCUT2D eigenvalue weighted by Gasteiger charge is 2.52. The van der Waals surface area contributed by atoms with E-state index >= 15 is 0 Å². The summed E-state index contributed by atoms with van der Waals surface area (Å²) in [5, 5.41) is 1.21. The molecule has 0 spiro atoms. The van der Waals surface area contributed by atoms with Crippen molar-refractivity contribution in [1.29, 1.82) is 0 Å². The Morgan fingerprint density at radius 1 is 0.846 bits per heavy atom. The SMILES string of the molecule is Cc1ccc(-c2ccc(B3OC(C)(C)C(C)(C)O3)c3[nH]c(C)cc23)cc1. The standard InChI is InChI=1S/C22H26BNO2/c1-14-7-9-16(10-8-14)17-11-12-19(20-18(17)13-15(2)24-20)23-25-21(3,4)22(5,6)26-23/h7-13,24H,1-6H3. The highest BCUT2D eigenvalue weighted by molar-refractivity contribution is 6.65. The second kappa shape index (κ2) is 5.73. The Hall–Kier alpha value is -2.04. The molecule has 0 amide bonds. The summed E-state index contributed by atoms with van der Waals surface area (Å²) in [4.78, 5) is 3.52. The van der Waals surface area contributed by atoms with Crippen molar-refractivity contribution in [3.05, 3.63) is 53.7 Å². The predicted molar refractivity (Wildman–Crippen MR) is 109 cm³/mol. The lowest BCUT2D eigenvalue weighted by molar-refractivity contribution is 0.00578. The average Bonchev–Trinajstić information content (AvgIpc) is 3.03. The molecule has 0 aliphatic carbocycles. The zero-order valence-electron chi connectivity index (χ0n) is 16.4. The second-order valence-corrected chi connectivity index (χ2v) is 8.40. The van der Waals surface area contributed by atoms with Crippen molar-refractivity contribution in [2.24, 2.45) is 0 Å². The molecule has 0 saturated carbocycles. The Morgan fingerprint density at radius 3 is 2.08 bits per heavy atom. The molecule has 134 valence electrons. The summed E-state index contributed by atoms with van der Waals surface area (Å²) in [6.07, 6.45) is 0. The lowest BCUT2D eigenvalue weighted by Gasteiger charge is -2.32. The van der Waals surface area contributed by atoms with Crippen LogP contribution in [0.25, 0.3) is 22.0 Å². The van der Waals surface area contributed by atoms with Gasteiger partial charge in [-0.15, -0.1) is 0 Å². The van der Waals surface area contributed by atoms with Crippen molar-refractivity contribution in [3.8, 4) is 11.1 Å². The van der Waals surface area contributed by atoms with Crippen molar-refractivity contribution >= 4 is 23.5 Å². The fourth-order valence-electron chi connectivity index (χ4n) is 3.53. The molecule has 26 heavy (non-hydrogen) atoms. The molecule has 0 unspecified atom stereocenters. The van der Waals surface area contributed by atoms with Crippen molar-refractivity contribution in [3.63, 3.8) is 0 Å². The monoisotopic (exact) mass is 347 g/mol. The van der Waals surface area contributed by atoms with Gasteiger partial charge in [0.1, 0.15) is 0 Å². The number of aromatic nitrogens is 1. The van der Waals surface area contributed by atoms with E-state index in [4.69, 9.17) is 9.31 Å². The summed E-state index contributed by atoms with van der Waals surface area (Å²) in [6.45, 7) is 12.6. The Morgan fingerprint density at radius 2 is 1.46 bits per heavy atom. The fraction of sp³-hybridized carbons (Fsp3) is 0.364. The number of benzene rings is 2. The third-order valence-electron chi connectivity index (χ3n) is 5.83. The average molecular weight is 347 g/mol. The number of hydrogen-bond acceptors (Lipinski definition) is 2. The van der Waals surface area contributed by atoms with Crippen molar-refractivity contribution in [2.45, 2.75) is 52.7 Å². The van der Waals surface area contributed by atoms with E-state index in [1.54, 1.807) is 0 Å². The lowest BCUT2D eigenvalue weighted by Crippen LogP contribution is -2.41. The summed E-state index contributed by atoms with van der Waals surface area (Å²) in [5.74, 6) is 0. The molecule has 1 saturated heterocycles. The molecule has 1 aromatic heterocycles. The molecule has 0 atom stereocenters. The molecular formula is C22H26BNO2. The summed E-state index contributed by atoms with van der Waals surface area (Å²) < 4.78 is 12.6. The maximum atomic E-state index is 6.29. The summed E-state index contributed by atoms with van der Waals surface area (Å²) in [5.41, 5.74) is 6.32. The summed E-state index contributed by atoms with van der Waals surface area (Å²) >= 11 is 0. The Bertz CT molecular complexity index is 954. The predicted octanol–water partition coefficient (Wildman–Crippen LogP) is 4.75. The highest BCUT2D eigenvalue weighted by Crippen LogP contribution is 2.37. The van der Waals surface area contributed by atoms with E-state index in [0.29, 0.717) is 0 Å².